The predicted octanol–water partition coefficient (Wildman–Crippen LogP) is 1.31. The average molecular weight is 219 g/mol. The molecule has 0 aromatic rings. The molecule has 0 unspecified atom stereocenters. The first-order chi connectivity index (χ1) is 6.76. The number of hydroxylamine groups is 1. The zero-order valence-electron chi connectivity index (χ0n) is 9.36. The van der Waals surface area contributed by atoms with E-state index in [1.165, 1.54) is 0 Å². The van der Waals surface area contributed by atoms with Crippen molar-refractivity contribution in [3.63, 3.8) is 0 Å². The first kappa shape index (κ1) is 13.7. The number of hydrogen-bond acceptors (Lipinski definition) is 4. The second-order valence-electron chi connectivity index (χ2n) is 3.96. The van der Waals surface area contributed by atoms with Crippen LogP contribution in [0.5, 0.6) is 0 Å². The standard InChI is InChI=1S/C9H17NO5/c1-5-6(7(11)12)15-10-8(13)14-9(2,3)4/h6H,5H2,1-4H3,(H,10,13)(H,11,12)/t6-/m0/s1. The molecule has 0 aromatic carbocycles. The minimum absolute atomic E-state index is 0.255. The number of hydrogen-bond donors (Lipinski definition) is 2. The van der Waals surface area contributed by atoms with Crippen LogP contribution in [0.1, 0.15) is 34.1 Å². The smallest absolute Gasteiger partial charge is 0.431 e. The van der Waals surface area contributed by atoms with E-state index in [0.717, 1.165) is 0 Å². The van der Waals surface area contributed by atoms with Crippen LogP contribution in [0.3, 0.4) is 0 Å². The largest absolute Gasteiger partial charge is 0.479 e. The van der Waals surface area contributed by atoms with E-state index < -0.39 is 23.8 Å². The number of carbonyl (C=O) groups is 2. The lowest BCUT2D eigenvalue weighted by molar-refractivity contribution is -0.155. The maximum atomic E-state index is 11.1. The van der Waals surface area contributed by atoms with Gasteiger partial charge in [0.2, 0.25) is 0 Å². The summed E-state index contributed by atoms with van der Waals surface area (Å²) in [5, 5.41) is 8.60. The summed E-state index contributed by atoms with van der Waals surface area (Å²) in [7, 11) is 0. The third-order valence-electron chi connectivity index (χ3n) is 1.33. The van der Waals surface area contributed by atoms with Gasteiger partial charge in [0.25, 0.3) is 0 Å². The quantitative estimate of drug-likeness (QED) is 0.696. The summed E-state index contributed by atoms with van der Waals surface area (Å²) in [5.41, 5.74) is 1.29. The maximum Gasteiger partial charge on any atom is 0.431 e. The fourth-order valence-corrected chi connectivity index (χ4v) is 0.727. The van der Waals surface area contributed by atoms with Crippen molar-refractivity contribution >= 4 is 12.1 Å². The van der Waals surface area contributed by atoms with Crippen LogP contribution in [0.15, 0.2) is 0 Å². The number of carboxylic acids is 1. The monoisotopic (exact) mass is 219 g/mol. The number of aliphatic carboxylic acids is 1. The number of nitrogens with one attached hydrogen (secondary N) is 1. The van der Waals surface area contributed by atoms with Crippen LogP contribution in [0, 0.1) is 0 Å². The second kappa shape index (κ2) is 5.55. The molecule has 0 heterocycles. The molecule has 0 spiro atoms. The molecule has 0 bridgehead atoms. The van der Waals surface area contributed by atoms with Crippen molar-refractivity contribution in [3.8, 4) is 0 Å². The van der Waals surface area contributed by atoms with Gasteiger partial charge in [0.15, 0.2) is 6.10 Å². The summed E-state index contributed by atoms with van der Waals surface area (Å²) in [6.45, 7) is 6.72. The Hall–Kier alpha value is -1.30. The highest BCUT2D eigenvalue weighted by molar-refractivity contribution is 5.72. The van der Waals surface area contributed by atoms with Crippen molar-refractivity contribution in [2.24, 2.45) is 0 Å². The Morgan fingerprint density at radius 2 is 1.93 bits per heavy atom. The van der Waals surface area contributed by atoms with E-state index in [2.05, 4.69) is 4.84 Å². The van der Waals surface area contributed by atoms with Gasteiger partial charge in [-0.25, -0.2) is 9.59 Å². The molecule has 0 aliphatic carbocycles. The van der Waals surface area contributed by atoms with Gasteiger partial charge in [-0.1, -0.05) is 6.92 Å². The van der Waals surface area contributed by atoms with Gasteiger partial charge in [0, 0.05) is 0 Å². The summed E-state index contributed by atoms with van der Waals surface area (Å²) in [6, 6.07) is 0. The van der Waals surface area contributed by atoms with Gasteiger partial charge in [-0.3, -0.25) is 4.84 Å². The highest BCUT2D eigenvalue weighted by atomic mass is 16.7. The average Bonchev–Trinajstić information content (AvgIpc) is 2.01. The molecule has 1 amide bonds. The van der Waals surface area contributed by atoms with E-state index in [4.69, 9.17) is 9.84 Å². The maximum absolute atomic E-state index is 11.1. The molecule has 0 rings (SSSR count). The topological polar surface area (TPSA) is 84.9 Å². The van der Waals surface area contributed by atoms with Crippen LogP contribution < -0.4 is 5.48 Å². The molecule has 6 nitrogen and oxygen atoms in total. The lowest BCUT2D eigenvalue weighted by Gasteiger charge is -2.20. The van der Waals surface area contributed by atoms with Gasteiger partial charge >= 0.3 is 12.1 Å². The number of rotatable bonds is 4. The van der Waals surface area contributed by atoms with E-state index in [-0.39, 0.29) is 6.42 Å². The van der Waals surface area contributed by atoms with Crippen molar-refractivity contribution in [3.05, 3.63) is 0 Å². The Labute approximate surface area is 88.5 Å². The SMILES string of the molecule is CC[C@H](ONC(=O)OC(C)(C)C)C(=O)O. The normalized spacial score (nSPS) is 13.1. The molecule has 6 heteroatoms. The van der Waals surface area contributed by atoms with Gasteiger partial charge < -0.3 is 9.84 Å². The van der Waals surface area contributed by atoms with Crippen molar-refractivity contribution in [2.75, 3.05) is 0 Å². The Bertz CT molecular complexity index is 233. The van der Waals surface area contributed by atoms with Crippen LogP contribution >= 0.6 is 0 Å². The van der Waals surface area contributed by atoms with Crippen LogP contribution in [0.25, 0.3) is 0 Å². The number of ether oxygens (including phenoxy) is 1. The highest BCUT2D eigenvalue weighted by Gasteiger charge is 2.20. The first-order valence-electron chi connectivity index (χ1n) is 4.63. The molecule has 0 saturated heterocycles. The van der Waals surface area contributed by atoms with Crippen LogP contribution in [0.2, 0.25) is 0 Å². The lowest BCUT2D eigenvalue weighted by Crippen LogP contribution is -2.37. The zero-order chi connectivity index (χ0) is 12.1. The summed E-state index contributed by atoms with van der Waals surface area (Å²) >= 11 is 0. The van der Waals surface area contributed by atoms with Crippen molar-refractivity contribution < 1.29 is 24.3 Å². The highest BCUT2D eigenvalue weighted by Crippen LogP contribution is 2.06. The lowest BCUT2D eigenvalue weighted by atomic mass is 10.2. The van der Waals surface area contributed by atoms with E-state index in [9.17, 15) is 9.59 Å². The molecular formula is C9H17NO5. The molecule has 88 valence electrons. The van der Waals surface area contributed by atoms with Crippen LogP contribution in [-0.2, 0) is 14.4 Å². The summed E-state index contributed by atoms with van der Waals surface area (Å²) in [6.07, 6.45) is -1.61. The Kier molecular flexibility index (Phi) is 5.07. The number of carbonyl (C=O) groups excluding carboxylic acids is 1. The third-order valence-corrected chi connectivity index (χ3v) is 1.33. The molecule has 0 aliphatic rings. The molecule has 0 aliphatic heterocycles. The first-order valence-corrected chi connectivity index (χ1v) is 4.63. The van der Waals surface area contributed by atoms with Gasteiger partial charge in [-0.15, -0.1) is 0 Å². The van der Waals surface area contributed by atoms with E-state index >= 15 is 0 Å². The van der Waals surface area contributed by atoms with Gasteiger partial charge in [0.1, 0.15) is 5.60 Å². The third kappa shape index (κ3) is 6.73. The van der Waals surface area contributed by atoms with Gasteiger partial charge in [-0.05, 0) is 27.2 Å². The van der Waals surface area contributed by atoms with Crippen LogP contribution in [-0.4, -0.2) is 28.9 Å². The summed E-state index contributed by atoms with van der Waals surface area (Å²) in [5.74, 6) is -1.13. The molecule has 15 heavy (non-hydrogen) atoms. The van der Waals surface area contributed by atoms with Crippen molar-refractivity contribution in [1.82, 2.24) is 5.48 Å². The van der Waals surface area contributed by atoms with E-state index in [1.807, 2.05) is 5.48 Å². The summed E-state index contributed by atoms with van der Waals surface area (Å²) in [4.78, 5) is 26.2. The summed E-state index contributed by atoms with van der Waals surface area (Å²) < 4.78 is 4.84. The Morgan fingerprint density at radius 3 is 2.27 bits per heavy atom. The van der Waals surface area contributed by atoms with Crippen molar-refractivity contribution in [2.45, 2.75) is 45.8 Å². The predicted molar refractivity (Wildman–Crippen MR) is 52.2 cm³/mol. The molecule has 0 saturated carbocycles. The Morgan fingerprint density at radius 1 is 1.40 bits per heavy atom. The molecular weight excluding hydrogens is 202 g/mol. The van der Waals surface area contributed by atoms with E-state index in [1.54, 1.807) is 27.7 Å². The second-order valence-corrected chi connectivity index (χ2v) is 3.96. The molecule has 0 fully saturated rings. The molecule has 2 N–H and O–H groups in total. The van der Waals surface area contributed by atoms with Crippen molar-refractivity contribution in [1.29, 1.82) is 0 Å². The number of carboxylic acid groups (broad SMARTS) is 1. The minimum atomic E-state index is -1.13. The fourth-order valence-electron chi connectivity index (χ4n) is 0.727. The fraction of sp³-hybridized carbons (Fsp3) is 0.778. The molecule has 0 aromatic heterocycles. The number of amides is 1. The minimum Gasteiger partial charge on any atom is -0.479 e. The molecule has 0 radical (unpaired) electrons. The van der Waals surface area contributed by atoms with Gasteiger partial charge in [0.05, 0.1) is 0 Å². The van der Waals surface area contributed by atoms with Gasteiger partial charge in [-0.2, -0.15) is 5.48 Å². The van der Waals surface area contributed by atoms with Crippen LogP contribution in [0.4, 0.5) is 4.79 Å². The Balaban J connectivity index is 3.94. The van der Waals surface area contributed by atoms with E-state index in [0.29, 0.717) is 0 Å². The zero-order valence-corrected chi connectivity index (χ0v) is 9.36. The molecule has 1 atom stereocenters.